The third-order valence-electron chi connectivity index (χ3n) is 4.63. The first-order chi connectivity index (χ1) is 12.1. The maximum absolute atomic E-state index is 12.3. The summed E-state index contributed by atoms with van der Waals surface area (Å²) in [6.45, 7) is 4.28. The second-order valence-corrected chi connectivity index (χ2v) is 7.79. The van der Waals surface area contributed by atoms with Crippen LogP contribution in [0, 0.1) is 5.92 Å². The Balaban J connectivity index is 1.56. The van der Waals surface area contributed by atoms with Crippen LogP contribution in [0.1, 0.15) is 45.9 Å². The average molecular weight is 356 g/mol. The molecule has 132 valence electrons. The summed E-state index contributed by atoms with van der Waals surface area (Å²) in [6.07, 6.45) is 4.14. The molecule has 1 aliphatic carbocycles. The lowest BCUT2D eigenvalue weighted by Gasteiger charge is -2.16. The van der Waals surface area contributed by atoms with Crippen LogP contribution in [-0.2, 0) is 24.1 Å². The highest BCUT2D eigenvalue weighted by molar-refractivity contribution is 7.14. The van der Waals surface area contributed by atoms with Gasteiger partial charge in [-0.05, 0) is 54.9 Å². The third kappa shape index (κ3) is 4.28. The van der Waals surface area contributed by atoms with Crippen molar-refractivity contribution >= 4 is 28.8 Å². The molecule has 3 rings (SSSR count). The van der Waals surface area contributed by atoms with Gasteiger partial charge in [-0.2, -0.15) is 0 Å². The van der Waals surface area contributed by atoms with E-state index in [1.54, 1.807) is 11.3 Å². The van der Waals surface area contributed by atoms with Crippen LogP contribution < -0.4 is 10.6 Å². The van der Waals surface area contributed by atoms with Crippen LogP contribution >= 0.6 is 11.3 Å². The molecule has 2 amide bonds. The minimum atomic E-state index is -0.204. The summed E-state index contributed by atoms with van der Waals surface area (Å²) in [6, 6.07) is 9.72. The van der Waals surface area contributed by atoms with Gasteiger partial charge < -0.3 is 10.6 Å². The first-order valence-corrected chi connectivity index (χ1v) is 9.66. The molecule has 2 aromatic rings. The summed E-state index contributed by atoms with van der Waals surface area (Å²) < 4.78 is 0. The summed E-state index contributed by atoms with van der Waals surface area (Å²) >= 11 is 1.56. The van der Waals surface area contributed by atoms with E-state index < -0.39 is 0 Å². The molecule has 1 aromatic heterocycles. The van der Waals surface area contributed by atoms with Crippen molar-refractivity contribution in [2.45, 2.75) is 39.5 Å². The quantitative estimate of drug-likeness (QED) is 0.856. The van der Waals surface area contributed by atoms with E-state index in [9.17, 15) is 9.59 Å². The van der Waals surface area contributed by atoms with Crippen LogP contribution in [0.3, 0.4) is 0 Å². The summed E-state index contributed by atoms with van der Waals surface area (Å²) in [5.41, 5.74) is 3.20. The molecule has 0 bridgehead atoms. The van der Waals surface area contributed by atoms with E-state index in [2.05, 4.69) is 17.6 Å². The van der Waals surface area contributed by atoms with E-state index >= 15 is 0 Å². The number of fused-ring (bicyclic) bond motifs is 1. The largest absolute Gasteiger partial charge is 0.342 e. The van der Waals surface area contributed by atoms with Crippen molar-refractivity contribution in [1.29, 1.82) is 0 Å². The number of carbonyl (C=O) groups is 2. The lowest BCUT2D eigenvalue weighted by molar-refractivity contribution is -0.115. The Morgan fingerprint density at radius 3 is 2.88 bits per heavy atom. The lowest BCUT2D eigenvalue weighted by Crippen LogP contribution is -2.32. The van der Waals surface area contributed by atoms with Gasteiger partial charge in [-0.25, -0.2) is 0 Å². The van der Waals surface area contributed by atoms with Crippen molar-refractivity contribution in [2.75, 3.05) is 11.9 Å². The lowest BCUT2D eigenvalue weighted by atomic mass is 9.90. The molecule has 4 nitrogen and oxygen atoms in total. The SMILES string of the molecule is CCc1ccccc1NC(=O)CNC(=O)c1cc2c(s1)CC[C@@H](C)C2. The van der Waals surface area contributed by atoms with Crippen molar-refractivity contribution < 1.29 is 9.59 Å². The summed E-state index contributed by atoms with van der Waals surface area (Å²) in [7, 11) is 0. The Bertz CT molecular complexity index is 782. The summed E-state index contributed by atoms with van der Waals surface area (Å²) in [4.78, 5) is 26.5. The van der Waals surface area contributed by atoms with Gasteiger partial charge in [-0.15, -0.1) is 11.3 Å². The van der Waals surface area contributed by atoms with Gasteiger partial charge in [0.25, 0.3) is 5.91 Å². The molecule has 0 aliphatic heterocycles. The minimum absolute atomic E-state index is 0.0180. The Labute approximate surface area is 152 Å². The molecule has 0 unspecified atom stereocenters. The standard InChI is InChI=1S/C20H24N2O2S/c1-3-14-6-4-5-7-16(14)22-19(23)12-21-20(24)18-11-15-10-13(2)8-9-17(15)25-18/h4-7,11,13H,3,8-10,12H2,1-2H3,(H,21,24)(H,22,23)/t13-/m1/s1. The van der Waals surface area contributed by atoms with Crippen molar-refractivity contribution in [3.8, 4) is 0 Å². The number of carbonyl (C=O) groups excluding carboxylic acids is 2. The maximum Gasteiger partial charge on any atom is 0.261 e. The molecular weight excluding hydrogens is 332 g/mol. The zero-order valence-corrected chi connectivity index (χ0v) is 15.5. The Hall–Kier alpha value is -2.14. The van der Waals surface area contributed by atoms with Gasteiger partial charge in [0, 0.05) is 10.6 Å². The highest BCUT2D eigenvalue weighted by atomic mass is 32.1. The van der Waals surface area contributed by atoms with Crippen molar-refractivity contribution in [3.05, 3.63) is 51.2 Å². The van der Waals surface area contributed by atoms with Crippen LogP contribution in [-0.4, -0.2) is 18.4 Å². The molecule has 2 N–H and O–H groups in total. The predicted molar refractivity (Wildman–Crippen MR) is 102 cm³/mol. The van der Waals surface area contributed by atoms with E-state index in [1.807, 2.05) is 37.3 Å². The van der Waals surface area contributed by atoms with Crippen LogP contribution in [0.25, 0.3) is 0 Å². The van der Waals surface area contributed by atoms with Gasteiger partial charge >= 0.3 is 0 Å². The zero-order chi connectivity index (χ0) is 17.8. The van der Waals surface area contributed by atoms with Crippen molar-refractivity contribution in [1.82, 2.24) is 5.32 Å². The smallest absolute Gasteiger partial charge is 0.261 e. The van der Waals surface area contributed by atoms with E-state index in [0.29, 0.717) is 10.8 Å². The van der Waals surface area contributed by atoms with E-state index in [-0.39, 0.29) is 18.4 Å². The second-order valence-electron chi connectivity index (χ2n) is 6.65. The normalized spacial score (nSPS) is 16.2. The fourth-order valence-electron chi connectivity index (χ4n) is 3.21. The topological polar surface area (TPSA) is 58.2 Å². The zero-order valence-electron chi connectivity index (χ0n) is 14.7. The van der Waals surface area contributed by atoms with Gasteiger partial charge in [-0.1, -0.05) is 32.0 Å². The van der Waals surface area contributed by atoms with Gasteiger partial charge in [-0.3, -0.25) is 9.59 Å². The molecule has 5 heteroatoms. The van der Waals surface area contributed by atoms with E-state index in [0.717, 1.165) is 30.5 Å². The Morgan fingerprint density at radius 1 is 1.28 bits per heavy atom. The molecule has 1 aliphatic rings. The molecule has 1 heterocycles. The fourth-order valence-corrected chi connectivity index (χ4v) is 4.34. The van der Waals surface area contributed by atoms with E-state index in [4.69, 9.17) is 0 Å². The average Bonchev–Trinajstić information content (AvgIpc) is 3.03. The number of para-hydroxylation sites is 1. The first-order valence-electron chi connectivity index (χ1n) is 8.84. The number of rotatable bonds is 5. The summed E-state index contributed by atoms with van der Waals surface area (Å²) in [5.74, 6) is 0.317. The number of amides is 2. The van der Waals surface area contributed by atoms with Crippen LogP contribution in [0.15, 0.2) is 30.3 Å². The number of hydrogen-bond donors (Lipinski definition) is 2. The number of anilines is 1. The van der Waals surface area contributed by atoms with Crippen LogP contribution in [0.2, 0.25) is 0 Å². The molecule has 0 spiro atoms. The monoisotopic (exact) mass is 356 g/mol. The molecule has 0 saturated heterocycles. The molecule has 0 fully saturated rings. The molecule has 25 heavy (non-hydrogen) atoms. The predicted octanol–water partition coefficient (Wildman–Crippen LogP) is 3.80. The number of hydrogen-bond acceptors (Lipinski definition) is 3. The maximum atomic E-state index is 12.3. The first kappa shape index (κ1) is 17.7. The molecular formula is C20H24N2O2S. The fraction of sp³-hybridized carbons (Fsp3) is 0.400. The van der Waals surface area contributed by atoms with Gasteiger partial charge in [0.1, 0.15) is 0 Å². The highest BCUT2D eigenvalue weighted by Crippen LogP contribution is 2.32. The minimum Gasteiger partial charge on any atom is -0.342 e. The molecule has 0 radical (unpaired) electrons. The Morgan fingerprint density at radius 2 is 2.08 bits per heavy atom. The van der Waals surface area contributed by atoms with E-state index in [1.165, 1.54) is 16.9 Å². The summed E-state index contributed by atoms with van der Waals surface area (Å²) in [5, 5.41) is 5.61. The molecule has 1 aromatic carbocycles. The number of nitrogens with one attached hydrogen (secondary N) is 2. The molecule has 1 atom stereocenters. The number of benzene rings is 1. The highest BCUT2D eigenvalue weighted by Gasteiger charge is 2.20. The van der Waals surface area contributed by atoms with Gasteiger partial charge in [0.05, 0.1) is 11.4 Å². The Kier molecular flexibility index (Phi) is 5.53. The van der Waals surface area contributed by atoms with Crippen molar-refractivity contribution in [3.63, 3.8) is 0 Å². The van der Waals surface area contributed by atoms with Crippen LogP contribution in [0.4, 0.5) is 5.69 Å². The van der Waals surface area contributed by atoms with Crippen molar-refractivity contribution in [2.24, 2.45) is 5.92 Å². The number of aryl methyl sites for hydroxylation is 2. The molecule has 0 saturated carbocycles. The van der Waals surface area contributed by atoms with Crippen LogP contribution in [0.5, 0.6) is 0 Å². The van der Waals surface area contributed by atoms with Gasteiger partial charge in [0.2, 0.25) is 5.91 Å². The van der Waals surface area contributed by atoms with Gasteiger partial charge in [0.15, 0.2) is 0 Å². The second kappa shape index (κ2) is 7.83. The number of thiophene rings is 1. The third-order valence-corrected chi connectivity index (χ3v) is 5.87.